The van der Waals surface area contributed by atoms with Gasteiger partial charge in [-0.3, -0.25) is 4.79 Å². The van der Waals surface area contributed by atoms with E-state index < -0.39 is 0 Å². The molecule has 0 aromatic heterocycles. The number of hydrogen-bond acceptors (Lipinski definition) is 2. The van der Waals surface area contributed by atoms with Crippen molar-refractivity contribution in [2.75, 3.05) is 7.11 Å². The number of carbonyl (C=O) groups is 1. The molecule has 13 heavy (non-hydrogen) atoms. The Bertz CT molecular complexity index is 391. The zero-order valence-electron chi connectivity index (χ0n) is 7.46. The minimum absolute atomic E-state index is 0.138. The van der Waals surface area contributed by atoms with Crippen molar-refractivity contribution in [2.45, 2.75) is 6.42 Å². The molecule has 1 aliphatic carbocycles. The van der Waals surface area contributed by atoms with Crippen molar-refractivity contribution >= 4 is 11.4 Å². The fraction of sp³-hybridized carbons (Fsp3) is 0.182. The van der Waals surface area contributed by atoms with Crippen LogP contribution < -0.4 is 4.74 Å². The van der Waals surface area contributed by atoms with Gasteiger partial charge in [0.25, 0.3) is 0 Å². The maximum atomic E-state index is 11.4. The van der Waals surface area contributed by atoms with Gasteiger partial charge in [-0.15, -0.1) is 0 Å². The van der Waals surface area contributed by atoms with Crippen LogP contribution >= 0.6 is 0 Å². The van der Waals surface area contributed by atoms with Gasteiger partial charge in [0.05, 0.1) is 7.11 Å². The number of ether oxygens (including phenoxy) is 1. The first-order valence-electron chi connectivity index (χ1n) is 4.12. The van der Waals surface area contributed by atoms with Crippen molar-refractivity contribution in [3.63, 3.8) is 0 Å². The second-order valence-electron chi connectivity index (χ2n) is 3.09. The van der Waals surface area contributed by atoms with E-state index in [0.717, 1.165) is 22.4 Å². The van der Waals surface area contributed by atoms with Gasteiger partial charge in [-0.2, -0.15) is 0 Å². The topological polar surface area (TPSA) is 26.3 Å². The third-order valence-electron chi connectivity index (χ3n) is 2.27. The summed E-state index contributed by atoms with van der Waals surface area (Å²) < 4.78 is 5.16. The third kappa shape index (κ3) is 1.06. The maximum absolute atomic E-state index is 11.4. The van der Waals surface area contributed by atoms with Gasteiger partial charge in [-0.25, -0.2) is 0 Å². The Labute approximate surface area is 76.8 Å². The van der Waals surface area contributed by atoms with Crippen LogP contribution in [0, 0.1) is 0 Å². The number of benzene rings is 1. The molecule has 0 spiro atoms. The zero-order valence-corrected chi connectivity index (χ0v) is 7.46. The summed E-state index contributed by atoms with van der Waals surface area (Å²) in [4.78, 5) is 11.4. The van der Waals surface area contributed by atoms with Crippen LogP contribution in [0.3, 0.4) is 0 Å². The first kappa shape index (κ1) is 8.05. The van der Waals surface area contributed by atoms with Crippen molar-refractivity contribution in [3.8, 4) is 5.75 Å². The molecule has 0 atom stereocenters. The smallest absolute Gasteiger partial charge is 0.167 e. The fourth-order valence-corrected chi connectivity index (χ4v) is 1.68. The van der Waals surface area contributed by atoms with E-state index in [-0.39, 0.29) is 5.78 Å². The molecule has 0 fully saturated rings. The van der Waals surface area contributed by atoms with Crippen molar-refractivity contribution in [1.82, 2.24) is 0 Å². The van der Waals surface area contributed by atoms with Crippen molar-refractivity contribution in [1.29, 1.82) is 0 Å². The van der Waals surface area contributed by atoms with Crippen LogP contribution in [0.5, 0.6) is 5.75 Å². The molecule has 1 aromatic carbocycles. The van der Waals surface area contributed by atoms with Gasteiger partial charge in [0.2, 0.25) is 0 Å². The van der Waals surface area contributed by atoms with Crippen molar-refractivity contribution in [3.05, 3.63) is 35.9 Å². The normalized spacial score (nSPS) is 14.5. The first-order chi connectivity index (χ1) is 6.24. The van der Waals surface area contributed by atoms with E-state index in [0.29, 0.717) is 6.42 Å². The van der Waals surface area contributed by atoms with Crippen LogP contribution in [-0.4, -0.2) is 12.9 Å². The zero-order chi connectivity index (χ0) is 9.42. The molecule has 0 radical (unpaired) electrons. The van der Waals surface area contributed by atoms with E-state index in [2.05, 4.69) is 6.58 Å². The predicted octanol–water partition coefficient (Wildman–Crippen LogP) is 2.29. The number of ketones is 1. The Balaban J connectivity index is 2.69. The molecular weight excluding hydrogens is 164 g/mol. The van der Waals surface area contributed by atoms with Gasteiger partial charge >= 0.3 is 0 Å². The molecule has 2 heteroatoms. The summed E-state index contributed by atoms with van der Waals surface area (Å²) in [5, 5.41) is 0. The lowest BCUT2D eigenvalue weighted by Gasteiger charge is -2.05. The Morgan fingerprint density at radius 1 is 1.46 bits per heavy atom. The van der Waals surface area contributed by atoms with E-state index in [1.54, 1.807) is 7.11 Å². The molecule has 0 heterocycles. The van der Waals surface area contributed by atoms with Crippen LogP contribution in [0.25, 0.3) is 5.57 Å². The maximum Gasteiger partial charge on any atom is 0.167 e. The number of hydrogen-bond donors (Lipinski definition) is 0. The molecule has 2 nitrogen and oxygen atoms in total. The highest BCUT2D eigenvalue weighted by molar-refractivity contribution is 6.12. The van der Waals surface area contributed by atoms with Gasteiger partial charge in [-0.05, 0) is 11.6 Å². The lowest BCUT2D eigenvalue weighted by molar-refractivity contribution is 0.100. The van der Waals surface area contributed by atoms with Gasteiger partial charge < -0.3 is 4.74 Å². The minimum Gasteiger partial charge on any atom is -0.496 e. The molecule has 0 amide bonds. The van der Waals surface area contributed by atoms with Crippen molar-refractivity contribution < 1.29 is 9.53 Å². The van der Waals surface area contributed by atoms with Crippen LogP contribution in [0.1, 0.15) is 22.3 Å². The van der Waals surface area contributed by atoms with Crippen LogP contribution in [-0.2, 0) is 0 Å². The van der Waals surface area contributed by atoms with E-state index in [1.165, 1.54) is 0 Å². The summed E-state index contributed by atoms with van der Waals surface area (Å²) >= 11 is 0. The Morgan fingerprint density at radius 2 is 2.23 bits per heavy atom. The predicted molar refractivity (Wildman–Crippen MR) is 51.0 cm³/mol. The van der Waals surface area contributed by atoms with Crippen LogP contribution in [0.15, 0.2) is 24.8 Å². The number of carbonyl (C=O) groups excluding carboxylic acids is 1. The molecule has 1 aromatic rings. The summed E-state index contributed by atoms with van der Waals surface area (Å²) in [6, 6.07) is 5.50. The Hall–Kier alpha value is -1.57. The Morgan fingerprint density at radius 3 is 2.92 bits per heavy atom. The van der Waals surface area contributed by atoms with E-state index >= 15 is 0 Å². The summed E-state index contributed by atoms with van der Waals surface area (Å²) in [6.07, 6.45) is 0.426. The highest BCUT2D eigenvalue weighted by atomic mass is 16.5. The minimum atomic E-state index is 0.138. The Kier molecular flexibility index (Phi) is 1.69. The molecule has 0 saturated heterocycles. The number of fused-ring (bicyclic) bond motifs is 1. The quantitative estimate of drug-likeness (QED) is 0.653. The molecule has 0 saturated carbocycles. The van der Waals surface area contributed by atoms with Gasteiger partial charge in [0, 0.05) is 17.5 Å². The number of Topliss-reactive ketones (excluding diaryl/α,β-unsaturated/α-hetero) is 1. The SMILES string of the molecule is C=C1CC(=O)c2cccc(OC)c21. The average molecular weight is 174 g/mol. The lowest BCUT2D eigenvalue weighted by atomic mass is 10.1. The van der Waals surface area contributed by atoms with E-state index in [9.17, 15) is 4.79 Å². The highest BCUT2D eigenvalue weighted by Gasteiger charge is 2.25. The molecule has 0 aliphatic heterocycles. The van der Waals surface area contributed by atoms with Gasteiger partial charge in [0.15, 0.2) is 5.78 Å². The lowest BCUT2D eigenvalue weighted by Crippen LogP contribution is -1.92. The third-order valence-corrected chi connectivity index (χ3v) is 2.27. The molecule has 2 rings (SSSR count). The number of rotatable bonds is 1. The monoisotopic (exact) mass is 174 g/mol. The average Bonchev–Trinajstić information content (AvgIpc) is 2.43. The van der Waals surface area contributed by atoms with Crippen LogP contribution in [0.4, 0.5) is 0 Å². The van der Waals surface area contributed by atoms with Crippen LogP contribution in [0.2, 0.25) is 0 Å². The second kappa shape index (κ2) is 2.73. The van der Waals surface area contributed by atoms with E-state index in [1.807, 2.05) is 18.2 Å². The first-order valence-corrected chi connectivity index (χ1v) is 4.12. The number of methoxy groups -OCH3 is 1. The van der Waals surface area contributed by atoms with Gasteiger partial charge in [0.1, 0.15) is 5.75 Å². The second-order valence-corrected chi connectivity index (χ2v) is 3.09. The largest absolute Gasteiger partial charge is 0.496 e. The molecule has 1 aliphatic rings. The molecule has 0 N–H and O–H groups in total. The number of allylic oxidation sites excluding steroid dienone is 1. The highest BCUT2D eigenvalue weighted by Crippen LogP contribution is 2.37. The summed E-state index contributed by atoms with van der Waals surface area (Å²) in [6.45, 7) is 3.85. The van der Waals surface area contributed by atoms with E-state index in [4.69, 9.17) is 4.74 Å². The molecule has 0 unspecified atom stereocenters. The fourth-order valence-electron chi connectivity index (χ4n) is 1.68. The van der Waals surface area contributed by atoms with Gasteiger partial charge in [-0.1, -0.05) is 18.7 Å². The summed E-state index contributed by atoms with van der Waals surface area (Å²) in [7, 11) is 1.60. The molecule has 0 bridgehead atoms. The standard InChI is InChI=1S/C11H10O2/c1-7-6-9(12)8-4-3-5-10(13-2)11(7)8/h3-5H,1,6H2,2H3. The molecule has 66 valence electrons. The summed E-state index contributed by atoms with van der Waals surface area (Å²) in [5.74, 6) is 0.882. The summed E-state index contributed by atoms with van der Waals surface area (Å²) in [5.41, 5.74) is 2.48. The molecular formula is C11H10O2. The van der Waals surface area contributed by atoms with Crippen molar-refractivity contribution in [2.24, 2.45) is 0 Å².